The second-order valence-electron chi connectivity index (χ2n) is 4.18. The largest absolute Gasteiger partial charge is 0.376 e. The van der Waals surface area contributed by atoms with Crippen LogP contribution in [0.5, 0.6) is 0 Å². The summed E-state index contributed by atoms with van der Waals surface area (Å²) in [4.78, 5) is 2.07. The third kappa shape index (κ3) is 3.61. The van der Waals surface area contributed by atoms with Gasteiger partial charge in [-0.1, -0.05) is 12.1 Å². The summed E-state index contributed by atoms with van der Waals surface area (Å²) in [6.07, 6.45) is -0.259. The van der Waals surface area contributed by atoms with Gasteiger partial charge in [0.2, 0.25) is 0 Å². The first-order valence-corrected chi connectivity index (χ1v) is 5.68. The highest BCUT2D eigenvalue weighted by Crippen LogP contribution is 2.24. The lowest BCUT2D eigenvalue weighted by Crippen LogP contribution is -2.34. The molecule has 1 rings (SSSR count). The maximum absolute atomic E-state index is 5.24. The topological polar surface area (TPSA) is 33.7 Å². The molecule has 0 amide bonds. The normalized spacial score (nSPS) is 12.6. The Hall–Kier alpha value is -1.26. The van der Waals surface area contributed by atoms with E-state index in [1.165, 1.54) is 0 Å². The molecular formula is C13H22N2O2. The van der Waals surface area contributed by atoms with E-state index >= 15 is 0 Å². The van der Waals surface area contributed by atoms with Gasteiger partial charge >= 0.3 is 0 Å². The molecule has 0 spiro atoms. The Kier molecular flexibility index (Phi) is 5.25. The number of ether oxygens (including phenoxy) is 2. The van der Waals surface area contributed by atoms with Crippen LogP contribution in [-0.4, -0.2) is 40.6 Å². The molecule has 1 aromatic carbocycles. The molecule has 0 aromatic heterocycles. The van der Waals surface area contributed by atoms with Gasteiger partial charge in [0.15, 0.2) is 6.29 Å². The van der Waals surface area contributed by atoms with Gasteiger partial charge in [-0.05, 0) is 19.1 Å². The van der Waals surface area contributed by atoms with Gasteiger partial charge in [0.05, 0.1) is 17.4 Å². The molecule has 0 heterocycles. The molecule has 0 aliphatic carbocycles. The third-order valence-electron chi connectivity index (χ3n) is 2.64. The fraction of sp³-hybridized carbons (Fsp3) is 0.538. The van der Waals surface area contributed by atoms with Crippen molar-refractivity contribution in [3.8, 4) is 0 Å². The van der Waals surface area contributed by atoms with Crippen molar-refractivity contribution >= 4 is 11.4 Å². The van der Waals surface area contributed by atoms with Crippen molar-refractivity contribution in [3.63, 3.8) is 0 Å². The number of anilines is 2. The van der Waals surface area contributed by atoms with Crippen molar-refractivity contribution in [3.05, 3.63) is 24.3 Å². The van der Waals surface area contributed by atoms with E-state index in [0.29, 0.717) is 0 Å². The molecule has 0 aliphatic rings. The van der Waals surface area contributed by atoms with E-state index in [1.54, 1.807) is 14.2 Å². The second kappa shape index (κ2) is 6.47. The SMILES string of the molecule is COC(OC)C(C)Nc1ccccc1N(C)C. The van der Waals surface area contributed by atoms with Crippen LogP contribution in [0, 0.1) is 0 Å². The number of nitrogens with zero attached hydrogens (tertiary/aromatic N) is 1. The third-order valence-corrected chi connectivity index (χ3v) is 2.64. The van der Waals surface area contributed by atoms with Gasteiger partial charge in [-0.3, -0.25) is 0 Å². The molecule has 0 fully saturated rings. The standard InChI is InChI=1S/C13H22N2O2/c1-10(13(16-4)17-5)14-11-8-6-7-9-12(11)15(2)3/h6-10,13-14H,1-5H3. The zero-order valence-electron chi connectivity index (χ0n) is 11.2. The maximum Gasteiger partial charge on any atom is 0.176 e. The first-order chi connectivity index (χ1) is 8.10. The summed E-state index contributed by atoms with van der Waals surface area (Å²) in [5.74, 6) is 0. The van der Waals surface area contributed by atoms with Gasteiger partial charge < -0.3 is 19.7 Å². The Bertz CT molecular complexity index is 338. The Morgan fingerprint density at radius 3 is 2.24 bits per heavy atom. The predicted octanol–water partition coefficient (Wildman–Crippen LogP) is 2.17. The van der Waals surface area contributed by atoms with Crippen molar-refractivity contribution in [1.82, 2.24) is 0 Å². The number of benzene rings is 1. The van der Waals surface area contributed by atoms with Crippen LogP contribution in [0.1, 0.15) is 6.92 Å². The summed E-state index contributed by atoms with van der Waals surface area (Å²) in [5.41, 5.74) is 2.22. The summed E-state index contributed by atoms with van der Waals surface area (Å²) < 4.78 is 10.5. The lowest BCUT2D eigenvalue weighted by molar-refractivity contribution is -0.109. The lowest BCUT2D eigenvalue weighted by Gasteiger charge is -2.26. The van der Waals surface area contributed by atoms with Gasteiger partial charge in [-0.25, -0.2) is 0 Å². The van der Waals surface area contributed by atoms with E-state index in [-0.39, 0.29) is 12.3 Å². The van der Waals surface area contributed by atoms with Crippen LogP contribution in [0.15, 0.2) is 24.3 Å². The van der Waals surface area contributed by atoms with Gasteiger partial charge in [0.25, 0.3) is 0 Å². The van der Waals surface area contributed by atoms with Crippen LogP contribution in [-0.2, 0) is 9.47 Å². The van der Waals surface area contributed by atoms with Crippen molar-refractivity contribution in [2.45, 2.75) is 19.3 Å². The maximum atomic E-state index is 5.24. The fourth-order valence-electron chi connectivity index (χ4n) is 1.80. The van der Waals surface area contributed by atoms with Crippen LogP contribution >= 0.6 is 0 Å². The van der Waals surface area contributed by atoms with Gasteiger partial charge in [0.1, 0.15) is 0 Å². The van der Waals surface area contributed by atoms with Crippen LogP contribution in [0.3, 0.4) is 0 Å². The summed E-state index contributed by atoms with van der Waals surface area (Å²) in [7, 11) is 7.33. The summed E-state index contributed by atoms with van der Waals surface area (Å²) in [6.45, 7) is 2.03. The quantitative estimate of drug-likeness (QED) is 0.770. The summed E-state index contributed by atoms with van der Waals surface area (Å²) >= 11 is 0. The Balaban J connectivity index is 2.80. The molecule has 4 heteroatoms. The van der Waals surface area contributed by atoms with Crippen LogP contribution in [0.4, 0.5) is 11.4 Å². The van der Waals surface area contributed by atoms with E-state index in [0.717, 1.165) is 11.4 Å². The molecule has 0 saturated heterocycles. The first-order valence-electron chi connectivity index (χ1n) is 5.68. The van der Waals surface area contributed by atoms with Gasteiger partial charge in [-0.2, -0.15) is 0 Å². The minimum absolute atomic E-state index is 0.0751. The fourth-order valence-corrected chi connectivity index (χ4v) is 1.80. The highest BCUT2D eigenvalue weighted by atomic mass is 16.7. The van der Waals surface area contributed by atoms with Crippen LogP contribution < -0.4 is 10.2 Å². The molecule has 1 N–H and O–H groups in total. The Morgan fingerprint density at radius 2 is 1.71 bits per heavy atom. The van der Waals surface area contributed by atoms with Gasteiger partial charge in [0, 0.05) is 28.3 Å². The number of para-hydroxylation sites is 2. The molecule has 17 heavy (non-hydrogen) atoms. The Morgan fingerprint density at radius 1 is 1.12 bits per heavy atom. The lowest BCUT2D eigenvalue weighted by atomic mass is 10.2. The highest BCUT2D eigenvalue weighted by molar-refractivity contribution is 5.69. The predicted molar refractivity (Wildman–Crippen MR) is 71.7 cm³/mol. The highest BCUT2D eigenvalue weighted by Gasteiger charge is 2.16. The zero-order valence-corrected chi connectivity index (χ0v) is 11.2. The minimum atomic E-state index is -0.259. The first kappa shape index (κ1) is 13.8. The molecule has 0 aliphatic heterocycles. The number of hydrogen-bond donors (Lipinski definition) is 1. The molecule has 1 aromatic rings. The number of rotatable bonds is 6. The van der Waals surface area contributed by atoms with E-state index in [1.807, 2.05) is 39.2 Å². The summed E-state index contributed by atoms with van der Waals surface area (Å²) in [6, 6.07) is 8.23. The molecular weight excluding hydrogens is 216 g/mol. The summed E-state index contributed by atoms with van der Waals surface area (Å²) in [5, 5.41) is 3.40. The van der Waals surface area contributed by atoms with Crippen LogP contribution in [0.2, 0.25) is 0 Å². The van der Waals surface area contributed by atoms with Gasteiger partial charge in [-0.15, -0.1) is 0 Å². The van der Waals surface area contributed by atoms with E-state index in [9.17, 15) is 0 Å². The molecule has 96 valence electrons. The molecule has 1 unspecified atom stereocenters. The Labute approximate surface area is 104 Å². The van der Waals surface area contributed by atoms with E-state index in [2.05, 4.69) is 16.3 Å². The number of methoxy groups -OCH3 is 2. The molecule has 4 nitrogen and oxygen atoms in total. The minimum Gasteiger partial charge on any atom is -0.376 e. The van der Waals surface area contributed by atoms with E-state index < -0.39 is 0 Å². The van der Waals surface area contributed by atoms with Crippen LogP contribution in [0.25, 0.3) is 0 Å². The van der Waals surface area contributed by atoms with Crippen molar-refractivity contribution in [2.75, 3.05) is 38.5 Å². The molecule has 0 saturated carbocycles. The van der Waals surface area contributed by atoms with Crippen molar-refractivity contribution < 1.29 is 9.47 Å². The molecule has 0 radical (unpaired) electrons. The monoisotopic (exact) mass is 238 g/mol. The average Bonchev–Trinajstić information content (AvgIpc) is 2.31. The van der Waals surface area contributed by atoms with Crippen molar-refractivity contribution in [2.24, 2.45) is 0 Å². The smallest absolute Gasteiger partial charge is 0.176 e. The second-order valence-corrected chi connectivity index (χ2v) is 4.18. The molecule has 0 bridgehead atoms. The number of nitrogens with one attached hydrogen (secondary N) is 1. The van der Waals surface area contributed by atoms with E-state index in [4.69, 9.17) is 9.47 Å². The average molecular weight is 238 g/mol. The number of hydrogen-bond acceptors (Lipinski definition) is 4. The molecule has 1 atom stereocenters. The van der Waals surface area contributed by atoms with Crippen molar-refractivity contribution in [1.29, 1.82) is 0 Å². The zero-order chi connectivity index (χ0) is 12.8.